The van der Waals surface area contributed by atoms with Crippen LogP contribution >= 0.6 is 0 Å². The quantitative estimate of drug-likeness (QED) is 0.896. The second-order valence-electron chi connectivity index (χ2n) is 6.85. The summed E-state index contributed by atoms with van der Waals surface area (Å²) in [5.74, 6) is 2.16. The zero-order valence-electron chi connectivity index (χ0n) is 12.6. The van der Waals surface area contributed by atoms with Gasteiger partial charge in [0.25, 0.3) is 0 Å². The van der Waals surface area contributed by atoms with E-state index in [4.69, 9.17) is 4.98 Å². The molecular formula is C16H26N4. The lowest BCUT2D eigenvalue weighted by molar-refractivity contribution is 0.382. The molecule has 20 heavy (non-hydrogen) atoms. The number of fused-ring (bicyclic) bond motifs is 1. The van der Waals surface area contributed by atoms with Crippen LogP contribution in [-0.2, 0) is 13.0 Å². The van der Waals surface area contributed by atoms with Gasteiger partial charge in [-0.15, -0.1) is 0 Å². The van der Waals surface area contributed by atoms with Gasteiger partial charge in [-0.1, -0.05) is 12.8 Å². The number of aromatic nitrogens is 2. The number of nitrogens with one attached hydrogen (secondary N) is 1. The first-order chi connectivity index (χ1) is 9.83. The van der Waals surface area contributed by atoms with Crippen molar-refractivity contribution < 1.29 is 0 Å². The summed E-state index contributed by atoms with van der Waals surface area (Å²) >= 11 is 0. The number of nitrogens with zero attached hydrogens (tertiary/aromatic N) is 3. The van der Waals surface area contributed by atoms with E-state index in [0.29, 0.717) is 6.04 Å². The van der Waals surface area contributed by atoms with Crippen molar-refractivity contribution in [3.8, 4) is 0 Å². The van der Waals surface area contributed by atoms with Gasteiger partial charge >= 0.3 is 0 Å². The van der Waals surface area contributed by atoms with Gasteiger partial charge in [0.05, 0.1) is 5.69 Å². The summed E-state index contributed by atoms with van der Waals surface area (Å²) in [4.78, 5) is 7.55. The molecule has 0 amide bonds. The average molecular weight is 274 g/mol. The molecule has 4 rings (SSSR count). The van der Waals surface area contributed by atoms with Crippen molar-refractivity contribution in [2.75, 3.05) is 26.7 Å². The topological polar surface area (TPSA) is 33.1 Å². The second kappa shape index (κ2) is 5.15. The first kappa shape index (κ1) is 12.8. The van der Waals surface area contributed by atoms with Crippen molar-refractivity contribution in [3.05, 3.63) is 17.2 Å². The number of hydrogen-bond acceptors (Lipinski definition) is 3. The summed E-state index contributed by atoms with van der Waals surface area (Å²) in [6.07, 6.45) is 7.95. The first-order valence-corrected chi connectivity index (χ1v) is 8.32. The van der Waals surface area contributed by atoms with Crippen LogP contribution in [0.3, 0.4) is 0 Å². The lowest BCUT2D eigenvalue weighted by atomic mass is 10.1. The maximum absolute atomic E-state index is 5.08. The Labute approximate surface area is 121 Å². The summed E-state index contributed by atoms with van der Waals surface area (Å²) in [6, 6.07) is 0.671. The van der Waals surface area contributed by atoms with Crippen molar-refractivity contribution in [2.45, 2.75) is 57.0 Å². The molecule has 1 atom stereocenters. The van der Waals surface area contributed by atoms with Crippen molar-refractivity contribution in [1.29, 1.82) is 0 Å². The second-order valence-corrected chi connectivity index (χ2v) is 6.85. The van der Waals surface area contributed by atoms with Gasteiger partial charge in [0.15, 0.2) is 0 Å². The van der Waals surface area contributed by atoms with Gasteiger partial charge in [-0.05, 0) is 32.9 Å². The maximum Gasteiger partial charge on any atom is 0.112 e. The molecule has 1 N–H and O–H groups in total. The highest BCUT2D eigenvalue weighted by Gasteiger charge is 2.32. The SMILES string of the molecule is CN1CCC(n2c(C3CCCC3)nc3c2CCNC3)C1. The van der Waals surface area contributed by atoms with Gasteiger partial charge in [-0.3, -0.25) is 0 Å². The van der Waals surface area contributed by atoms with Crippen molar-refractivity contribution in [1.82, 2.24) is 19.8 Å². The lowest BCUT2D eigenvalue weighted by Gasteiger charge is -2.23. The molecule has 0 aromatic carbocycles. The smallest absolute Gasteiger partial charge is 0.112 e. The minimum absolute atomic E-state index is 0.671. The summed E-state index contributed by atoms with van der Waals surface area (Å²) < 4.78 is 2.68. The molecule has 3 heterocycles. The predicted octanol–water partition coefficient (Wildman–Crippen LogP) is 2.06. The summed E-state index contributed by atoms with van der Waals surface area (Å²) in [5, 5.41) is 3.49. The predicted molar refractivity (Wildman–Crippen MR) is 80.0 cm³/mol. The van der Waals surface area contributed by atoms with Crippen LogP contribution < -0.4 is 5.32 Å². The largest absolute Gasteiger partial charge is 0.327 e. The Balaban J connectivity index is 1.74. The van der Waals surface area contributed by atoms with Crippen LogP contribution in [0.4, 0.5) is 0 Å². The molecule has 1 aromatic rings. The van der Waals surface area contributed by atoms with Gasteiger partial charge in [0.1, 0.15) is 5.82 Å². The molecule has 4 heteroatoms. The summed E-state index contributed by atoms with van der Waals surface area (Å²) in [7, 11) is 2.25. The van der Waals surface area contributed by atoms with E-state index in [2.05, 4.69) is 21.8 Å². The summed E-state index contributed by atoms with van der Waals surface area (Å²) in [6.45, 7) is 4.53. The number of likely N-dealkylation sites (N-methyl/N-ethyl adjacent to an activating group) is 1. The zero-order valence-corrected chi connectivity index (χ0v) is 12.6. The first-order valence-electron chi connectivity index (χ1n) is 8.32. The molecule has 0 radical (unpaired) electrons. The Hall–Kier alpha value is -0.870. The third-order valence-corrected chi connectivity index (χ3v) is 5.40. The standard InChI is InChI=1S/C16H26N4/c1-19-9-7-13(11-19)20-15-6-8-17-10-14(15)18-16(20)12-4-2-3-5-12/h12-13,17H,2-11H2,1H3. The highest BCUT2D eigenvalue weighted by atomic mass is 15.2. The molecule has 3 aliphatic rings. The third kappa shape index (κ3) is 2.09. The minimum Gasteiger partial charge on any atom is -0.327 e. The average Bonchev–Trinajstić information content (AvgIpc) is 3.16. The van der Waals surface area contributed by atoms with Gasteiger partial charge in [-0.2, -0.15) is 0 Å². The van der Waals surface area contributed by atoms with Gasteiger partial charge in [0.2, 0.25) is 0 Å². The fourth-order valence-corrected chi connectivity index (χ4v) is 4.36. The monoisotopic (exact) mass is 274 g/mol. The van der Waals surface area contributed by atoms with E-state index >= 15 is 0 Å². The van der Waals surface area contributed by atoms with Crippen molar-refractivity contribution in [2.24, 2.45) is 0 Å². The minimum atomic E-state index is 0.671. The molecule has 110 valence electrons. The van der Waals surface area contributed by atoms with Crippen LogP contribution in [0.5, 0.6) is 0 Å². The zero-order chi connectivity index (χ0) is 13.5. The van der Waals surface area contributed by atoms with Crippen molar-refractivity contribution >= 4 is 0 Å². The highest BCUT2D eigenvalue weighted by molar-refractivity contribution is 5.24. The third-order valence-electron chi connectivity index (χ3n) is 5.40. The number of hydrogen-bond donors (Lipinski definition) is 1. The van der Waals surface area contributed by atoms with E-state index in [1.165, 1.54) is 56.7 Å². The Morgan fingerprint density at radius 2 is 2.05 bits per heavy atom. The van der Waals surface area contributed by atoms with Crippen LogP contribution in [0.2, 0.25) is 0 Å². The Morgan fingerprint density at radius 3 is 2.80 bits per heavy atom. The van der Waals surface area contributed by atoms with Crippen LogP contribution in [0.1, 0.15) is 61.3 Å². The van der Waals surface area contributed by atoms with Crippen LogP contribution in [0.15, 0.2) is 0 Å². The fourth-order valence-electron chi connectivity index (χ4n) is 4.36. The number of imidazole rings is 1. The molecule has 1 saturated carbocycles. The van der Waals surface area contributed by atoms with Crippen molar-refractivity contribution in [3.63, 3.8) is 0 Å². The molecule has 1 aromatic heterocycles. The van der Waals surface area contributed by atoms with E-state index in [0.717, 1.165) is 25.4 Å². The van der Waals surface area contributed by atoms with Crippen LogP contribution in [0.25, 0.3) is 0 Å². The highest BCUT2D eigenvalue weighted by Crippen LogP contribution is 2.38. The molecule has 4 nitrogen and oxygen atoms in total. The van der Waals surface area contributed by atoms with E-state index in [-0.39, 0.29) is 0 Å². The van der Waals surface area contributed by atoms with E-state index in [1.54, 1.807) is 5.69 Å². The lowest BCUT2D eigenvalue weighted by Crippen LogP contribution is -2.27. The molecule has 1 aliphatic carbocycles. The molecular weight excluding hydrogens is 248 g/mol. The Morgan fingerprint density at radius 1 is 1.20 bits per heavy atom. The van der Waals surface area contributed by atoms with Gasteiger partial charge < -0.3 is 14.8 Å². The fraction of sp³-hybridized carbons (Fsp3) is 0.812. The van der Waals surface area contributed by atoms with Gasteiger partial charge in [-0.25, -0.2) is 4.98 Å². The van der Waals surface area contributed by atoms with E-state index < -0.39 is 0 Å². The van der Waals surface area contributed by atoms with E-state index in [1.807, 2.05) is 0 Å². The molecule has 0 spiro atoms. The molecule has 0 bridgehead atoms. The van der Waals surface area contributed by atoms with E-state index in [9.17, 15) is 0 Å². The van der Waals surface area contributed by atoms with Crippen LogP contribution in [0, 0.1) is 0 Å². The van der Waals surface area contributed by atoms with Crippen LogP contribution in [-0.4, -0.2) is 41.1 Å². The molecule has 2 fully saturated rings. The molecule has 2 aliphatic heterocycles. The number of rotatable bonds is 2. The molecule has 1 unspecified atom stereocenters. The maximum atomic E-state index is 5.08. The Bertz CT molecular complexity index is 487. The molecule has 1 saturated heterocycles. The van der Waals surface area contributed by atoms with Gasteiger partial charge in [0, 0.05) is 43.7 Å². The number of likely N-dealkylation sites (tertiary alicyclic amines) is 1. The normalized spacial score (nSPS) is 28.1. The Kier molecular flexibility index (Phi) is 3.31. The summed E-state index contributed by atoms with van der Waals surface area (Å²) in [5.41, 5.74) is 2.89.